The van der Waals surface area contributed by atoms with Crippen molar-refractivity contribution in [1.82, 2.24) is 5.32 Å². The topological polar surface area (TPSA) is 12.0 Å². The van der Waals surface area contributed by atoms with Crippen LogP contribution in [0.4, 0.5) is 13.2 Å². The van der Waals surface area contributed by atoms with Crippen molar-refractivity contribution in [2.75, 3.05) is 7.05 Å². The number of nitrogens with one attached hydrogen (secondary N) is 1. The van der Waals surface area contributed by atoms with Crippen molar-refractivity contribution < 1.29 is 13.2 Å². The van der Waals surface area contributed by atoms with Gasteiger partial charge in [0.2, 0.25) is 0 Å². The standard InChI is InChI=1S/C15H14F3N/c1-9-5-3-6-10(14(9)18)15(19-2)13-11(16)7-4-8-12(13)17/h3-8,15,19H,1-2H3. The second-order valence-corrected chi connectivity index (χ2v) is 4.34. The fourth-order valence-electron chi connectivity index (χ4n) is 2.13. The molecule has 0 aliphatic heterocycles. The molecule has 0 heterocycles. The SMILES string of the molecule is CNC(c1cccc(C)c1F)c1c(F)cccc1F. The van der Waals surface area contributed by atoms with Crippen molar-refractivity contribution in [1.29, 1.82) is 0 Å². The molecule has 2 rings (SSSR count). The molecule has 0 spiro atoms. The van der Waals surface area contributed by atoms with E-state index < -0.39 is 23.5 Å². The van der Waals surface area contributed by atoms with Crippen molar-refractivity contribution in [3.05, 3.63) is 70.5 Å². The highest BCUT2D eigenvalue weighted by Crippen LogP contribution is 2.29. The van der Waals surface area contributed by atoms with E-state index in [0.29, 0.717) is 5.56 Å². The van der Waals surface area contributed by atoms with Crippen LogP contribution in [0.3, 0.4) is 0 Å². The van der Waals surface area contributed by atoms with Gasteiger partial charge < -0.3 is 5.32 Å². The van der Waals surface area contributed by atoms with Crippen LogP contribution in [0.25, 0.3) is 0 Å². The van der Waals surface area contributed by atoms with Crippen LogP contribution in [0.5, 0.6) is 0 Å². The van der Waals surface area contributed by atoms with Crippen LogP contribution in [-0.4, -0.2) is 7.05 Å². The molecule has 1 nitrogen and oxygen atoms in total. The van der Waals surface area contributed by atoms with E-state index in [-0.39, 0.29) is 11.1 Å². The maximum atomic E-state index is 14.1. The molecule has 4 heteroatoms. The first-order valence-electron chi connectivity index (χ1n) is 5.92. The minimum absolute atomic E-state index is 0.172. The predicted octanol–water partition coefficient (Wildman–Crippen LogP) is 3.72. The zero-order chi connectivity index (χ0) is 14.0. The Morgan fingerprint density at radius 2 is 1.53 bits per heavy atom. The van der Waals surface area contributed by atoms with Crippen LogP contribution < -0.4 is 5.32 Å². The molecule has 0 saturated heterocycles. The Morgan fingerprint density at radius 1 is 0.947 bits per heavy atom. The van der Waals surface area contributed by atoms with Crippen molar-refractivity contribution in [2.24, 2.45) is 0 Å². The monoisotopic (exact) mass is 265 g/mol. The van der Waals surface area contributed by atoms with Gasteiger partial charge in [0, 0.05) is 11.1 Å². The Morgan fingerprint density at radius 3 is 2.11 bits per heavy atom. The molecular weight excluding hydrogens is 251 g/mol. The number of rotatable bonds is 3. The van der Waals surface area contributed by atoms with Crippen LogP contribution in [0.2, 0.25) is 0 Å². The summed E-state index contributed by atoms with van der Waals surface area (Å²) in [5.74, 6) is -1.84. The molecule has 1 N–H and O–H groups in total. The van der Waals surface area contributed by atoms with Gasteiger partial charge in [0.15, 0.2) is 0 Å². The molecule has 2 aromatic rings. The number of hydrogen-bond donors (Lipinski definition) is 1. The van der Waals surface area contributed by atoms with Gasteiger partial charge in [-0.3, -0.25) is 0 Å². The number of hydrogen-bond acceptors (Lipinski definition) is 1. The lowest BCUT2D eigenvalue weighted by Crippen LogP contribution is -2.22. The van der Waals surface area contributed by atoms with E-state index in [1.807, 2.05) is 0 Å². The number of benzene rings is 2. The fraction of sp³-hybridized carbons (Fsp3) is 0.200. The zero-order valence-electron chi connectivity index (χ0n) is 10.7. The minimum atomic E-state index is -0.860. The van der Waals surface area contributed by atoms with Crippen LogP contribution >= 0.6 is 0 Å². The molecule has 1 unspecified atom stereocenters. The highest BCUT2D eigenvalue weighted by molar-refractivity contribution is 5.36. The van der Waals surface area contributed by atoms with Crippen molar-refractivity contribution in [3.8, 4) is 0 Å². The molecule has 0 aliphatic rings. The molecule has 1 atom stereocenters. The van der Waals surface area contributed by atoms with Gasteiger partial charge in [0.05, 0.1) is 6.04 Å². The summed E-state index contributed by atoms with van der Waals surface area (Å²) in [5, 5.41) is 2.76. The van der Waals surface area contributed by atoms with E-state index in [4.69, 9.17) is 0 Å². The van der Waals surface area contributed by atoms with Gasteiger partial charge >= 0.3 is 0 Å². The normalized spacial score (nSPS) is 12.5. The highest BCUT2D eigenvalue weighted by atomic mass is 19.1. The van der Waals surface area contributed by atoms with E-state index in [1.54, 1.807) is 26.1 Å². The van der Waals surface area contributed by atoms with Crippen LogP contribution in [0.1, 0.15) is 22.7 Å². The van der Waals surface area contributed by atoms with Crippen molar-refractivity contribution in [2.45, 2.75) is 13.0 Å². The van der Waals surface area contributed by atoms with Gasteiger partial charge in [-0.2, -0.15) is 0 Å². The Hall–Kier alpha value is -1.81. The van der Waals surface area contributed by atoms with Gasteiger partial charge in [-0.1, -0.05) is 24.3 Å². The molecule has 0 aromatic heterocycles. The Balaban J connectivity index is 2.60. The molecule has 0 fully saturated rings. The largest absolute Gasteiger partial charge is 0.309 e. The van der Waals surface area contributed by atoms with Crippen LogP contribution in [0, 0.1) is 24.4 Å². The zero-order valence-corrected chi connectivity index (χ0v) is 10.7. The second kappa shape index (κ2) is 5.45. The van der Waals surface area contributed by atoms with E-state index in [9.17, 15) is 13.2 Å². The quantitative estimate of drug-likeness (QED) is 0.891. The third-order valence-corrected chi connectivity index (χ3v) is 3.11. The first kappa shape index (κ1) is 13.6. The molecule has 100 valence electrons. The van der Waals surface area contributed by atoms with Crippen LogP contribution in [0.15, 0.2) is 36.4 Å². The maximum absolute atomic E-state index is 14.1. The van der Waals surface area contributed by atoms with Gasteiger partial charge in [-0.05, 0) is 31.7 Å². The lowest BCUT2D eigenvalue weighted by atomic mass is 9.96. The number of aryl methyl sites for hydroxylation is 1. The third kappa shape index (κ3) is 2.49. The Bertz CT molecular complexity index is 576. The molecule has 0 saturated carbocycles. The smallest absolute Gasteiger partial charge is 0.131 e. The number of halogens is 3. The maximum Gasteiger partial charge on any atom is 0.131 e. The molecule has 0 aliphatic carbocycles. The van der Waals surface area contributed by atoms with Crippen molar-refractivity contribution in [3.63, 3.8) is 0 Å². The first-order valence-corrected chi connectivity index (χ1v) is 5.92. The Kier molecular flexibility index (Phi) is 3.90. The lowest BCUT2D eigenvalue weighted by Gasteiger charge is -2.19. The van der Waals surface area contributed by atoms with Gasteiger partial charge in [-0.25, -0.2) is 13.2 Å². The second-order valence-electron chi connectivity index (χ2n) is 4.34. The predicted molar refractivity (Wildman–Crippen MR) is 68.4 cm³/mol. The van der Waals surface area contributed by atoms with Gasteiger partial charge in [0.1, 0.15) is 17.5 Å². The van der Waals surface area contributed by atoms with E-state index in [1.165, 1.54) is 12.1 Å². The summed E-state index contributed by atoms with van der Waals surface area (Å²) in [4.78, 5) is 0. The first-order chi connectivity index (χ1) is 9.06. The Labute approximate surface area is 110 Å². The summed E-state index contributed by atoms with van der Waals surface area (Å²) in [6, 6.07) is 7.55. The molecule has 0 amide bonds. The van der Waals surface area contributed by atoms with Crippen molar-refractivity contribution >= 4 is 0 Å². The van der Waals surface area contributed by atoms with Gasteiger partial charge in [-0.15, -0.1) is 0 Å². The molecular formula is C15H14F3N. The molecule has 19 heavy (non-hydrogen) atoms. The highest BCUT2D eigenvalue weighted by Gasteiger charge is 2.23. The lowest BCUT2D eigenvalue weighted by molar-refractivity contribution is 0.506. The summed E-state index contributed by atoms with van der Waals surface area (Å²) < 4.78 is 41.7. The van der Waals surface area contributed by atoms with Crippen LogP contribution in [-0.2, 0) is 0 Å². The summed E-state index contributed by atoms with van der Waals surface area (Å²) in [6.07, 6.45) is 0. The van der Waals surface area contributed by atoms with E-state index in [0.717, 1.165) is 12.1 Å². The fourth-order valence-corrected chi connectivity index (χ4v) is 2.13. The van der Waals surface area contributed by atoms with E-state index >= 15 is 0 Å². The minimum Gasteiger partial charge on any atom is -0.309 e. The average molecular weight is 265 g/mol. The average Bonchev–Trinajstić information content (AvgIpc) is 2.38. The molecule has 2 aromatic carbocycles. The summed E-state index contributed by atoms with van der Waals surface area (Å²) in [6.45, 7) is 1.61. The molecule has 0 radical (unpaired) electrons. The van der Waals surface area contributed by atoms with E-state index in [2.05, 4.69) is 5.32 Å². The summed E-state index contributed by atoms with van der Waals surface area (Å²) in [7, 11) is 1.54. The molecule has 0 bridgehead atoms. The third-order valence-electron chi connectivity index (χ3n) is 3.11. The van der Waals surface area contributed by atoms with Gasteiger partial charge in [0.25, 0.3) is 0 Å². The summed E-state index contributed by atoms with van der Waals surface area (Å²) in [5.41, 5.74) is 0.496. The summed E-state index contributed by atoms with van der Waals surface area (Å²) >= 11 is 0.